The minimum Gasteiger partial charge on any atom is -0.463 e. The summed E-state index contributed by atoms with van der Waals surface area (Å²) in [7, 11) is 1.13. The standard InChI is InChI=1S/C21H20O4/c1-25-21(24)20(23)13-19(22)16-11-9-15(10-12-16)18-8-4-6-14-5-2-3-7-17(14)18/h2-3,5,7,9-12,18H,4,6,8,13H2,1H3. The molecule has 1 aliphatic carbocycles. The topological polar surface area (TPSA) is 60.4 Å². The van der Waals surface area contributed by atoms with Crippen LogP contribution in [0, 0.1) is 0 Å². The Morgan fingerprint density at radius 2 is 1.76 bits per heavy atom. The molecular formula is C21H20O4. The number of methoxy groups -OCH3 is 1. The molecule has 1 atom stereocenters. The van der Waals surface area contributed by atoms with Crippen molar-refractivity contribution in [3.8, 4) is 0 Å². The summed E-state index contributed by atoms with van der Waals surface area (Å²) >= 11 is 0. The fourth-order valence-corrected chi connectivity index (χ4v) is 3.44. The van der Waals surface area contributed by atoms with Crippen molar-refractivity contribution in [3.63, 3.8) is 0 Å². The molecule has 25 heavy (non-hydrogen) atoms. The first-order valence-electron chi connectivity index (χ1n) is 8.42. The van der Waals surface area contributed by atoms with E-state index in [2.05, 4.69) is 29.0 Å². The van der Waals surface area contributed by atoms with Gasteiger partial charge in [0.1, 0.15) is 0 Å². The molecule has 0 N–H and O–H groups in total. The van der Waals surface area contributed by atoms with Gasteiger partial charge in [0.2, 0.25) is 5.78 Å². The van der Waals surface area contributed by atoms with E-state index in [1.54, 1.807) is 12.1 Å². The van der Waals surface area contributed by atoms with Gasteiger partial charge in [-0.15, -0.1) is 0 Å². The molecule has 0 heterocycles. The summed E-state index contributed by atoms with van der Waals surface area (Å²) in [4.78, 5) is 34.8. The number of esters is 1. The van der Waals surface area contributed by atoms with Gasteiger partial charge in [-0.1, -0.05) is 48.5 Å². The van der Waals surface area contributed by atoms with Crippen LogP contribution in [0.3, 0.4) is 0 Å². The molecule has 0 amide bonds. The normalized spacial score (nSPS) is 16.0. The average molecular weight is 336 g/mol. The van der Waals surface area contributed by atoms with E-state index < -0.39 is 18.2 Å². The van der Waals surface area contributed by atoms with Crippen LogP contribution in [0.5, 0.6) is 0 Å². The zero-order valence-electron chi connectivity index (χ0n) is 14.2. The number of hydrogen-bond acceptors (Lipinski definition) is 4. The summed E-state index contributed by atoms with van der Waals surface area (Å²) in [5.74, 6) is -1.83. The van der Waals surface area contributed by atoms with Crippen LogP contribution in [-0.2, 0) is 20.7 Å². The van der Waals surface area contributed by atoms with Crippen molar-refractivity contribution >= 4 is 17.5 Å². The van der Waals surface area contributed by atoms with E-state index in [0.29, 0.717) is 11.5 Å². The van der Waals surface area contributed by atoms with Crippen LogP contribution in [0.25, 0.3) is 0 Å². The number of Topliss-reactive ketones (excluding diaryl/α,β-unsaturated/α-hetero) is 2. The molecule has 0 aromatic heterocycles. The minimum atomic E-state index is -0.983. The molecular weight excluding hydrogens is 316 g/mol. The van der Waals surface area contributed by atoms with Crippen molar-refractivity contribution < 1.29 is 19.1 Å². The van der Waals surface area contributed by atoms with Crippen molar-refractivity contribution in [2.24, 2.45) is 0 Å². The Hall–Kier alpha value is -2.75. The number of hydrogen-bond donors (Lipinski definition) is 0. The molecule has 3 rings (SSSR count). The summed E-state index contributed by atoms with van der Waals surface area (Å²) < 4.78 is 4.34. The van der Waals surface area contributed by atoms with Gasteiger partial charge in [0.25, 0.3) is 0 Å². The molecule has 1 unspecified atom stereocenters. The lowest BCUT2D eigenvalue weighted by Crippen LogP contribution is -2.19. The molecule has 4 nitrogen and oxygen atoms in total. The Kier molecular flexibility index (Phi) is 5.08. The predicted molar refractivity (Wildman–Crippen MR) is 93.6 cm³/mol. The van der Waals surface area contributed by atoms with Gasteiger partial charge in [0, 0.05) is 11.5 Å². The monoisotopic (exact) mass is 336 g/mol. The second kappa shape index (κ2) is 7.43. The summed E-state index contributed by atoms with van der Waals surface area (Å²) in [5.41, 5.74) is 4.35. The van der Waals surface area contributed by atoms with Crippen LogP contribution < -0.4 is 0 Å². The Bertz CT molecular complexity index is 805. The SMILES string of the molecule is COC(=O)C(=O)CC(=O)c1ccc(C2CCCc3ccccc32)cc1. The van der Waals surface area contributed by atoms with E-state index in [4.69, 9.17) is 0 Å². The zero-order chi connectivity index (χ0) is 17.8. The highest BCUT2D eigenvalue weighted by Crippen LogP contribution is 2.36. The first kappa shape index (κ1) is 17.1. The van der Waals surface area contributed by atoms with Crippen LogP contribution >= 0.6 is 0 Å². The first-order chi connectivity index (χ1) is 12.1. The van der Waals surface area contributed by atoms with E-state index in [1.165, 1.54) is 16.7 Å². The third-order valence-electron chi connectivity index (χ3n) is 4.74. The number of fused-ring (bicyclic) bond motifs is 1. The van der Waals surface area contributed by atoms with Crippen molar-refractivity contribution in [1.29, 1.82) is 0 Å². The minimum absolute atomic E-state index is 0.339. The number of rotatable bonds is 5. The molecule has 0 aliphatic heterocycles. The van der Waals surface area contributed by atoms with Gasteiger partial charge in [-0.2, -0.15) is 0 Å². The highest BCUT2D eigenvalue weighted by Gasteiger charge is 2.22. The van der Waals surface area contributed by atoms with E-state index in [-0.39, 0.29) is 5.78 Å². The lowest BCUT2D eigenvalue weighted by atomic mass is 9.79. The van der Waals surface area contributed by atoms with E-state index >= 15 is 0 Å². The predicted octanol–water partition coefficient (Wildman–Crippen LogP) is 3.47. The van der Waals surface area contributed by atoms with Crippen LogP contribution in [0.4, 0.5) is 0 Å². The van der Waals surface area contributed by atoms with Crippen LogP contribution in [-0.4, -0.2) is 24.6 Å². The number of carbonyl (C=O) groups is 3. The molecule has 0 saturated carbocycles. The largest absolute Gasteiger partial charge is 0.463 e. The Morgan fingerprint density at radius 3 is 2.48 bits per heavy atom. The Labute approximate surface area is 146 Å². The Balaban J connectivity index is 1.76. The van der Waals surface area contributed by atoms with Crippen LogP contribution in [0.15, 0.2) is 48.5 Å². The lowest BCUT2D eigenvalue weighted by molar-refractivity contribution is -0.151. The van der Waals surface area contributed by atoms with Gasteiger partial charge in [0.15, 0.2) is 5.78 Å². The van der Waals surface area contributed by atoms with Crippen molar-refractivity contribution in [2.45, 2.75) is 31.6 Å². The summed E-state index contributed by atoms with van der Waals surface area (Å²) in [5, 5.41) is 0. The number of ketones is 2. The summed E-state index contributed by atoms with van der Waals surface area (Å²) in [6.07, 6.45) is 2.89. The third kappa shape index (κ3) is 3.68. The smallest absolute Gasteiger partial charge is 0.374 e. The second-order valence-electron chi connectivity index (χ2n) is 6.28. The van der Waals surface area contributed by atoms with E-state index in [1.807, 2.05) is 12.1 Å². The van der Waals surface area contributed by atoms with Gasteiger partial charge >= 0.3 is 5.97 Å². The molecule has 0 saturated heterocycles. The lowest BCUT2D eigenvalue weighted by Gasteiger charge is -2.26. The zero-order valence-corrected chi connectivity index (χ0v) is 14.2. The third-order valence-corrected chi connectivity index (χ3v) is 4.74. The number of ether oxygens (including phenoxy) is 1. The molecule has 4 heteroatoms. The maximum Gasteiger partial charge on any atom is 0.374 e. The van der Waals surface area contributed by atoms with E-state index in [9.17, 15) is 14.4 Å². The van der Waals surface area contributed by atoms with Gasteiger partial charge in [0.05, 0.1) is 13.5 Å². The molecule has 128 valence electrons. The molecule has 0 radical (unpaired) electrons. The maximum atomic E-state index is 12.1. The first-order valence-corrected chi connectivity index (χ1v) is 8.42. The van der Waals surface area contributed by atoms with Crippen LogP contribution in [0.2, 0.25) is 0 Å². The van der Waals surface area contributed by atoms with Gasteiger partial charge in [-0.3, -0.25) is 9.59 Å². The van der Waals surface area contributed by atoms with Gasteiger partial charge < -0.3 is 4.74 Å². The van der Waals surface area contributed by atoms with Crippen molar-refractivity contribution in [1.82, 2.24) is 0 Å². The molecule has 1 aliphatic rings. The van der Waals surface area contributed by atoms with Crippen molar-refractivity contribution in [2.75, 3.05) is 7.11 Å². The summed E-state index contributed by atoms with van der Waals surface area (Å²) in [6, 6.07) is 15.9. The van der Waals surface area contributed by atoms with E-state index in [0.717, 1.165) is 26.4 Å². The molecule has 2 aromatic carbocycles. The van der Waals surface area contributed by atoms with Gasteiger partial charge in [-0.05, 0) is 36.0 Å². The number of benzene rings is 2. The highest BCUT2D eigenvalue weighted by atomic mass is 16.5. The Morgan fingerprint density at radius 1 is 1.04 bits per heavy atom. The average Bonchev–Trinajstić information content (AvgIpc) is 2.66. The summed E-state index contributed by atoms with van der Waals surface area (Å²) in [6.45, 7) is 0. The number of carbonyl (C=O) groups excluding carboxylic acids is 3. The molecule has 0 spiro atoms. The number of aryl methyl sites for hydroxylation is 1. The highest BCUT2D eigenvalue weighted by molar-refractivity contribution is 6.38. The molecule has 0 fully saturated rings. The fraction of sp³-hybridized carbons (Fsp3) is 0.286. The molecule has 2 aromatic rings. The molecule has 0 bridgehead atoms. The van der Waals surface area contributed by atoms with Crippen molar-refractivity contribution in [3.05, 3.63) is 70.8 Å². The van der Waals surface area contributed by atoms with Gasteiger partial charge in [-0.25, -0.2) is 4.79 Å². The maximum absolute atomic E-state index is 12.1. The van der Waals surface area contributed by atoms with Crippen LogP contribution in [0.1, 0.15) is 52.2 Å². The quantitative estimate of drug-likeness (QED) is 0.363. The second-order valence-corrected chi connectivity index (χ2v) is 6.28. The fourth-order valence-electron chi connectivity index (χ4n) is 3.44.